The fourth-order valence-corrected chi connectivity index (χ4v) is 2.76. The van der Waals surface area contributed by atoms with Gasteiger partial charge in [-0.3, -0.25) is 4.79 Å². The first-order valence-electron chi connectivity index (χ1n) is 7.15. The Morgan fingerprint density at radius 1 is 1.48 bits per heavy atom. The number of likely N-dealkylation sites (N-methyl/N-ethyl adjacent to an activating group) is 1. The molecule has 1 fully saturated rings. The minimum absolute atomic E-state index is 0.0237. The smallest absolute Gasteiger partial charge is 0.229 e. The van der Waals surface area contributed by atoms with E-state index in [4.69, 9.17) is 9.47 Å². The van der Waals surface area contributed by atoms with Crippen LogP contribution in [0.3, 0.4) is 0 Å². The van der Waals surface area contributed by atoms with Gasteiger partial charge in [-0.1, -0.05) is 0 Å². The van der Waals surface area contributed by atoms with Crippen LogP contribution in [0, 0.1) is 5.92 Å². The summed E-state index contributed by atoms with van der Waals surface area (Å²) >= 11 is 0. The average molecular weight is 293 g/mol. The van der Waals surface area contributed by atoms with E-state index in [1.807, 2.05) is 7.05 Å². The Bertz CT molecular complexity index is 464. The summed E-state index contributed by atoms with van der Waals surface area (Å²) in [4.78, 5) is 18.8. The largest absolute Gasteiger partial charge is 0.481 e. The summed E-state index contributed by atoms with van der Waals surface area (Å²) in [5.74, 6) is 0.490. The van der Waals surface area contributed by atoms with Crippen molar-refractivity contribution in [1.29, 1.82) is 0 Å². The minimum atomic E-state index is -0.0641. The highest BCUT2D eigenvalue weighted by atomic mass is 16.5. The molecule has 2 rings (SSSR count). The Morgan fingerprint density at radius 3 is 2.90 bits per heavy atom. The topological polar surface area (TPSA) is 63.7 Å². The lowest BCUT2D eigenvalue weighted by Crippen LogP contribution is -2.49. The van der Waals surface area contributed by atoms with E-state index in [9.17, 15) is 4.79 Å². The molecule has 0 aliphatic carbocycles. The summed E-state index contributed by atoms with van der Waals surface area (Å²) in [6.45, 7) is 1.57. The monoisotopic (exact) mass is 293 g/mol. The van der Waals surface area contributed by atoms with E-state index in [0.717, 1.165) is 19.4 Å². The number of likely N-dealkylation sites (tertiary alicyclic amines) is 1. The lowest BCUT2D eigenvalue weighted by Gasteiger charge is -2.37. The number of carbonyl (C=O) groups excluding carboxylic acids is 1. The summed E-state index contributed by atoms with van der Waals surface area (Å²) < 4.78 is 10.3. The molecule has 1 saturated heterocycles. The average Bonchev–Trinajstić information content (AvgIpc) is 2.50. The number of anilines is 1. The first kappa shape index (κ1) is 15.7. The SMILES string of the molecule is COC[C@@H]1[C@H](C(=O)Nc2ccc(OC)nc2)CCCN1C. The molecule has 0 bridgehead atoms. The molecule has 6 nitrogen and oxygen atoms in total. The van der Waals surface area contributed by atoms with Gasteiger partial charge in [-0.15, -0.1) is 0 Å². The van der Waals surface area contributed by atoms with Crippen LogP contribution < -0.4 is 10.1 Å². The van der Waals surface area contributed by atoms with E-state index in [1.165, 1.54) is 0 Å². The molecule has 2 atom stereocenters. The first-order chi connectivity index (χ1) is 10.2. The molecule has 21 heavy (non-hydrogen) atoms. The highest BCUT2D eigenvalue weighted by molar-refractivity contribution is 5.93. The van der Waals surface area contributed by atoms with Gasteiger partial charge in [0.2, 0.25) is 11.8 Å². The number of carbonyl (C=O) groups is 1. The highest BCUT2D eigenvalue weighted by Crippen LogP contribution is 2.24. The minimum Gasteiger partial charge on any atom is -0.481 e. The maximum absolute atomic E-state index is 12.5. The molecule has 1 aromatic rings. The molecule has 0 radical (unpaired) electrons. The normalized spacial score (nSPS) is 22.8. The van der Waals surface area contributed by atoms with Gasteiger partial charge in [0.15, 0.2) is 0 Å². The summed E-state index contributed by atoms with van der Waals surface area (Å²) in [5, 5.41) is 2.93. The Morgan fingerprint density at radius 2 is 2.29 bits per heavy atom. The van der Waals surface area contributed by atoms with Crippen LogP contribution in [0.15, 0.2) is 18.3 Å². The van der Waals surface area contributed by atoms with E-state index in [0.29, 0.717) is 18.2 Å². The van der Waals surface area contributed by atoms with Gasteiger partial charge >= 0.3 is 0 Å². The maximum atomic E-state index is 12.5. The second-order valence-corrected chi connectivity index (χ2v) is 5.33. The van der Waals surface area contributed by atoms with Crippen molar-refractivity contribution in [3.8, 4) is 5.88 Å². The van der Waals surface area contributed by atoms with Crippen LogP contribution in [0.25, 0.3) is 0 Å². The molecule has 0 unspecified atom stereocenters. The third-order valence-corrected chi connectivity index (χ3v) is 3.94. The second kappa shape index (κ2) is 7.38. The van der Waals surface area contributed by atoms with Crippen LogP contribution in [-0.2, 0) is 9.53 Å². The summed E-state index contributed by atoms with van der Waals surface area (Å²) in [7, 11) is 5.27. The summed E-state index contributed by atoms with van der Waals surface area (Å²) in [6, 6.07) is 3.64. The van der Waals surface area contributed by atoms with E-state index >= 15 is 0 Å². The zero-order chi connectivity index (χ0) is 15.2. The van der Waals surface area contributed by atoms with Crippen LogP contribution in [0.2, 0.25) is 0 Å². The Kier molecular flexibility index (Phi) is 5.52. The molecule has 1 aromatic heterocycles. The Hall–Kier alpha value is -1.66. The van der Waals surface area contributed by atoms with Crippen molar-refractivity contribution in [3.63, 3.8) is 0 Å². The third kappa shape index (κ3) is 3.92. The fraction of sp³-hybridized carbons (Fsp3) is 0.600. The predicted octanol–water partition coefficient (Wildman–Crippen LogP) is 1.39. The van der Waals surface area contributed by atoms with Crippen LogP contribution in [0.1, 0.15) is 12.8 Å². The molecule has 0 saturated carbocycles. The number of nitrogens with one attached hydrogen (secondary N) is 1. The number of ether oxygens (including phenoxy) is 2. The van der Waals surface area contributed by atoms with Crippen LogP contribution in [-0.4, -0.2) is 56.3 Å². The van der Waals surface area contributed by atoms with Crippen LogP contribution >= 0.6 is 0 Å². The number of nitrogens with zero attached hydrogens (tertiary/aromatic N) is 2. The van der Waals surface area contributed by atoms with Crippen molar-refractivity contribution in [1.82, 2.24) is 9.88 Å². The summed E-state index contributed by atoms with van der Waals surface area (Å²) in [6.07, 6.45) is 3.51. The molecule has 1 amide bonds. The number of amides is 1. The molecule has 116 valence electrons. The number of hydrogen-bond donors (Lipinski definition) is 1. The van der Waals surface area contributed by atoms with E-state index in [1.54, 1.807) is 32.5 Å². The van der Waals surface area contributed by atoms with Crippen molar-refractivity contribution in [2.45, 2.75) is 18.9 Å². The van der Waals surface area contributed by atoms with Crippen molar-refractivity contribution in [2.75, 3.05) is 39.7 Å². The van der Waals surface area contributed by atoms with Gasteiger partial charge in [-0.2, -0.15) is 0 Å². The second-order valence-electron chi connectivity index (χ2n) is 5.33. The number of rotatable bonds is 5. The van der Waals surface area contributed by atoms with Crippen LogP contribution in [0.5, 0.6) is 5.88 Å². The summed E-state index contributed by atoms with van der Waals surface area (Å²) in [5.41, 5.74) is 0.685. The highest BCUT2D eigenvalue weighted by Gasteiger charge is 2.34. The lowest BCUT2D eigenvalue weighted by molar-refractivity contribution is -0.124. The molecule has 2 heterocycles. The Balaban J connectivity index is 2.02. The van der Waals surface area contributed by atoms with E-state index in [-0.39, 0.29) is 17.9 Å². The van der Waals surface area contributed by atoms with Gasteiger partial charge in [-0.05, 0) is 32.5 Å². The van der Waals surface area contributed by atoms with Gasteiger partial charge < -0.3 is 19.7 Å². The molecular weight excluding hydrogens is 270 g/mol. The van der Waals surface area contributed by atoms with Gasteiger partial charge in [-0.25, -0.2) is 4.98 Å². The van der Waals surface area contributed by atoms with Crippen molar-refractivity contribution in [3.05, 3.63) is 18.3 Å². The van der Waals surface area contributed by atoms with Crippen molar-refractivity contribution >= 4 is 11.6 Å². The third-order valence-electron chi connectivity index (χ3n) is 3.94. The molecule has 1 aliphatic rings. The number of piperidine rings is 1. The lowest BCUT2D eigenvalue weighted by atomic mass is 9.89. The first-order valence-corrected chi connectivity index (χ1v) is 7.15. The molecule has 6 heteroatoms. The van der Waals surface area contributed by atoms with Crippen molar-refractivity contribution in [2.24, 2.45) is 5.92 Å². The van der Waals surface area contributed by atoms with Crippen LogP contribution in [0.4, 0.5) is 5.69 Å². The molecule has 1 aliphatic heterocycles. The standard InChI is InChI=1S/C15H23N3O3/c1-18-8-4-5-12(13(18)10-20-2)15(19)17-11-6-7-14(21-3)16-9-11/h6-7,9,12-13H,4-5,8,10H2,1-3H3,(H,17,19)/t12-,13-/m1/s1. The quantitative estimate of drug-likeness (QED) is 0.888. The molecular formula is C15H23N3O3. The van der Waals surface area contributed by atoms with E-state index in [2.05, 4.69) is 15.2 Å². The van der Waals surface area contributed by atoms with Gasteiger partial charge in [0, 0.05) is 19.2 Å². The number of methoxy groups -OCH3 is 2. The molecule has 0 spiro atoms. The number of aromatic nitrogens is 1. The molecule has 0 aromatic carbocycles. The number of hydrogen-bond acceptors (Lipinski definition) is 5. The zero-order valence-corrected chi connectivity index (χ0v) is 12.8. The fourth-order valence-electron chi connectivity index (χ4n) is 2.76. The van der Waals surface area contributed by atoms with Crippen molar-refractivity contribution < 1.29 is 14.3 Å². The number of pyridine rings is 1. The maximum Gasteiger partial charge on any atom is 0.229 e. The molecule has 1 N–H and O–H groups in total. The van der Waals surface area contributed by atoms with Gasteiger partial charge in [0.05, 0.1) is 31.5 Å². The van der Waals surface area contributed by atoms with E-state index < -0.39 is 0 Å². The van der Waals surface area contributed by atoms with Gasteiger partial charge in [0.25, 0.3) is 0 Å². The Labute approximate surface area is 125 Å². The predicted molar refractivity (Wildman–Crippen MR) is 80.4 cm³/mol. The van der Waals surface area contributed by atoms with Gasteiger partial charge in [0.1, 0.15) is 0 Å². The zero-order valence-electron chi connectivity index (χ0n) is 12.8.